The number of benzene rings is 1. The molecule has 4 nitrogen and oxygen atoms in total. The van der Waals surface area contributed by atoms with E-state index in [9.17, 15) is 0 Å². The number of hydrogen-bond donors (Lipinski definition) is 4. The van der Waals surface area contributed by atoms with Crippen molar-refractivity contribution in [3.05, 3.63) is 35.9 Å². The maximum atomic E-state index is 5.46. The van der Waals surface area contributed by atoms with Crippen molar-refractivity contribution in [2.75, 3.05) is 39.3 Å². The highest BCUT2D eigenvalue weighted by Crippen LogP contribution is 2.01. The minimum absolute atomic E-state index is 0. The van der Waals surface area contributed by atoms with Crippen molar-refractivity contribution < 1.29 is 0 Å². The molecular weight excluding hydrogens is 438 g/mol. The zero-order valence-electron chi connectivity index (χ0n) is 17.0. The Balaban J connectivity index is -0.000000720. The van der Waals surface area contributed by atoms with Crippen molar-refractivity contribution >= 4 is 49.6 Å². The van der Waals surface area contributed by atoms with Gasteiger partial charge in [-0.2, -0.15) is 0 Å². The third-order valence-corrected chi connectivity index (χ3v) is 4.14. The van der Waals surface area contributed by atoms with Gasteiger partial charge in [-0.05, 0) is 70.5 Å². The van der Waals surface area contributed by atoms with E-state index in [2.05, 4.69) is 46.3 Å². The molecule has 0 atom stereocenters. The molecule has 1 aromatic rings. The van der Waals surface area contributed by atoms with Crippen molar-refractivity contribution in [3.8, 4) is 0 Å². The van der Waals surface area contributed by atoms with Gasteiger partial charge in [0.2, 0.25) is 0 Å². The normalized spacial score (nSPS) is 9.46. The van der Waals surface area contributed by atoms with Crippen molar-refractivity contribution in [1.29, 1.82) is 0 Å². The first-order valence-corrected chi connectivity index (χ1v) is 9.79. The molecule has 0 heterocycles. The molecule has 0 unspecified atom stereocenters. The first-order valence-electron chi connectivity index (χ1n) is 9.79. The lowest BCUT2D eigenvalue weighted by molar-refractivity contribution is 0.542. The van der Waals surface area contributed by atoms with E-state index < -0.39 is 0 Å². The molecule has 0 aliphatic carbocycles. The summed E-state index contributed by atoms with van der Waals surface area (Å²) < 4.78 is 0. The van der Waals surface area contributed by atoms with Crippen LogP contribution in [0.5, 0.6) is 0 Å². The molecule has 5 N–H and O–H groups in total. The molecule has 8 heteroatoms. The second kappa shape index (κ2) is 29.4. The van der Waals surface area contributed by atoms with Crippen LogP contribution in [0, 0.1) is 0 Å². The Bertz CT molecular complexity index is 372. The second-order valence-electron chi connectivity index (χ2n) is 6.43. The van der Waals surface area contributed by atoms with E-state index in [1.54, 1.807) is 0 Å². The summed E-state index contributed by atoms with van der Waals surface area (Å²) in [4.78, 5) is 0. The van der Waals surface area contributed by atoms with Gasteiger partial charge >= 0.3 is 0 Å². The molecule has 0 aliphatic heterocycles. The van der Waals surface area contributed by atoms with Crippen molar-refractivity contribution in [3.63, 3.8) is 0 Å². The summed E-state index contributed by atoms with van der Waals surface area (Å²) in [6.45, 7) is 7.35. The smallest absolute Gasteiger partial charge is 0.0205 e. The number of nitrogens with one attached hydrogen (secondary N) is 3. The maximum absolute atomic E-state index is 5.46. The Morgan fingerprint density at radius 3 is 1.57 bits per heavy atom. The largest absolute Gasteiger partial charge is 0.330 e. The fourth-order valence-corrected chi connectivity index (χ4v) is 2.67. The summed E-state index contributed by atoms with van der Waals surface area (Å²) in [5.74, 6) is 0. The molecular formula is C20H42Cl4N4. The summed E-state index contributed by atoms with van der Waals surface area (Å²) in [5, 5.41) is 10.5. The van der Waals surface area contributed by atoms with E-state index >= 15 is 0 Å². The van der Waals surface area contributed by atoms with Crippen molar-refractivity contribution in [2.24, 2.45) is 5.73 Å². The number of halogens is 4. The van der Waals surface area contributed by atoms with Gasteiger partial charge in [0.1, 0.15) is 0 Å². The summed E-state index contributed by atoms with van der Waals surface area (Å²) in [7, 11) is 0. The molecule has 0 saturated heterocycles. The summed E-state index contributed by atoms with van der Waals surface area (Å²) in [5.41, 5.74) is 6.82. The number of hydrogen-bond acceptors (Lipinski definition) is 4. The Kier molecular flexibility index (Phi) is 37.5. The highest BCUT2D eigenvalue weighted by Gasteiger charge is 1.93. The van der Waals surface area contributed by atoms with E-state index in [1.807, 2.05) is 0 Å². The fraction of sp³-hybridized carbons (Fsp3) is 0.700. The van der Waals surface area contributed by atoms with Crippen LogP contribution in [-0.4, -0.2) is 39.3 Å². The van der Waals surface area contributed by atoms with E-state index in [1.165, 1.54) is 44.1 Å². The van der Waals surface area contributed by atoms with E-state index in [0.29, 0.717) is 0 Å². The second-order valence-corrected chi connectivity index (χ2v) is 6.43. The van der Waals surface area contributed by atoms with Crippen LogP contribution in [0.2, 0.25) is 0 Å². The van der Waals surface area contributed by atoms with Gasteiger partial charge in [0, 0.05) is 6.54 Å². The summed E-state index contributed by atoms with van der Waals surface area (Å²) in [6, 6.07) is 10.6. The fourth-order valence-electron chi connectivity index (χ4n) is 2.67. The summed E-state index contributed by atoms with van der Waals surface area (Å²) >= 11 is 0. The Hall–Kier alpha value is 0.220. The minimum atomic E-state index is 0. The Morgan fingerprint density at radius 1 is 0.536 bits per heavy atom. The third-order valence-electron chi connectivity index (χ3n) is 4.14. The predicted octanol–water partition coefficient (Wildman–Crippen LogP) is 4.33. The van der Waals surface area contributed by atoms with E-state index in [4.69, 9.17) is 5.73 Å². The molecule has 1 rings (SSSR count). The Labute approximate surface area is 197 Å². The van der Waals surface area contributed by atoms with Gasteiger partial charge < -0.3 is 21.7 Å². The quantitative estimate of drug-likeness (QED) is 0.251. The number of rotatable bonds is 17. The van der Waals surface area contributed by atoms with Gasteiger partial charge in [0.15, 0.2) is 0 Å². The average molecular weight is 480 g/mol. The third kappa shape index (κ3) is 24.3. The highest BCUT2D eigenvalue weighted by molar-refractivity contribution is 5.86. The molecule has 0 amide bonds. The topological polar surface area (TPSA) is 62.1 Å². The molecule has 0 fully saturated rings. The molecule has 0 aliphatic rings. The number of unbranched alkanes of at least 4 members (excludes halogenated alkanes) is 4. The minimum Gasteiger partial charge on any atom is -0.330 e. The van der Waals surface area contributed by atoms with Gasteiger partial charge in [-0.15, -0.1) is 49.6 Å². The molecule has 170 valence electrons. The lowest BCUT2D eigenvalue weighted by atomic mass is 10.1. The lowest BCUT2D eigenvalue weighted by Crippen LogP contribution is -2.22. The molecule has 0 bridgehead atoms. The molecule has 0 radical (unpaired) electrons. The van der Waals surface area contributed by atoms with E-state index in [-0.39, 0.29) is 49.6 Å². The van der Waals surface area contributed by atoms with Crippen LogP contribution in [0.1, 0.15) is 50.5 Å². The molecule has 0 spiro atoms. The van der Waals surface area contributed by atoms with Gasteiger partial charge in [-0.3, -0.25) is 0 Å². The standard InChI is InChI=1S/C20H38N4.4ClH/c21-13-9-16-22-14-7-2-1-3-8-15-23-17-10-18-24-19-20-11-5-4-6-12-20;;;;/h4-6,11-12,22-24H,1-3,7-10,13-19,21H2;4*1H. The van der Waals surface area contributed by atoms with Crippen LogP contribution in [0.4, 0.5) is 0 Å². The average Bonchev–Trinajstić information content (AvgIpc) is 2.62. The first-order chi connectivity index (χ1) is 11.9. The zero-order valence-corrected chi connectivity index (χ0v) is 20.3. The molecule has 0 saturated carbocycles. The van der Waals surface area contributed by atoms with Gasteiger partial charge in [-0.25, -0.2) is 0 Å². The molecule has 28 heavy (non-hydrogen) atoms. The van der Waals surface area contributed by atoms with Gasteiger partial charge in [0.25, 0.3) is 0 Å². The van der Waals surface area contributed by atoms with Crippen LogP contribution in [0.25, 0.3) is 0 Å². The molecule has 1 aromatic carbocycles. The van der Waals surface area contributed by atoms with Crippen LogP contribution in [-0.2, 0) is 6.54 Å². The Morgan fingerprint density at radius 2 is 1.00 bits per heavy atom. The van der Waals surface area contributed by atoms with Crippen LogP contribution in [0.3, 0.4) is 0 Å². The SMILES string of the molecule is Cl.Cl.Cl.Cl.NCCCNCCCCCCCNCCCNCc1ccccc1. The highest BCUT2D eigenvalue weighted by atomic mass is 35.5. The first kappa shape index (κ1) is 35.6. The maximum Gasteiger partial charge on any atom is 0.0205 e. The zero-order chi connectivity index (χ0) is 17.1. The van der Waals surface area contributed by atoms with Crippen LogP contribution >= 0.6 is 49.6 Å². The number of nitrogens with two attached hydrogens (primary N) is 1. The van der Waals surface area contributed by atoms with E-state index in [0.717, 1.165) is 52.2 Å². The molecule has 0 aromatic heterocycles. The van der Waals surface area contributed by atoms with Gasteiger partial charge in [0.05, 0.1) is 0 Å². The van der Waals surface area contributed by atoms with Gasteiger partial charge in [-0.1, -0.05) is 49.6 Å². The monoisotopic (exact) mass is 478 g/mol. The van der Waals surface area contributed by atoms with Crippen LogP contribution < -0.4 is 21.7 Å². The van der Waals surface area contributed by atoms with Crippen molar-refractivity contribution in [1.82, 2.24) is 16.0 Å². The van der Waals surface area contributed by atoms with Crippen molar-refractivity contribution in [2.45, 2.75) is 51.5 Å². The predicted molar refractivity (Wildman–Crippen MR) is 134 cm³/mol. The van der Waals surface area contributed by atoms with Crippen LogP contribution in [0.15, 0.2) is 30.3 Å². The summed E-state index contributed by atoms with van der Waals surface area (Å²) in [6.07, 6.45) is 8.94. The lowest BCUT2D eigenvalue weighted by Gasteiger charge is -2.07.